The van der Waals surface area contributed by atoms with Crippen LogP contribution in [0.25, 0.3) is 33.9 Å². The largest absolute Gasteiger partial charge is 0.383 e. The first-order valence-electron chi connectivity index (χ1n) is 12.3. The molecule has 0 saturated heterocycles. The van der Waals surface area contributed by atoms with Crippen LogP contribution in [0.3, 0.4) is 0 Å². The van der Waals surface area contributed by atoms with Gasteiger partial charge in [-0.1, -0.05) is 12.1 Å². The number of benzene rings is 2. The summed E-state index contributed by atoms with van der Waals surface area (Å²) in [5, 5.41) is 5.93. The lowest BCUT2D eigenvalue weighted by Crippen LogP contribution is -2.23. The molecule has 0 aliphatic rings. The van der Waals surface area contributed by atoms with Gasteiger partial charge in [-0.15, -0.1) is 0 Å². The van der Waals surface area contributed by atoms with Crippen LogP contribution in [0, 0.1) is 6.92 Å². The van der Waals surface area contributed by atoms with Crippen LogP contribution in [0.1, 0.15) is 21.6 Å². The Morgan fingerprint density at radius 2 is 1.67 bits per heavy atom. The Kier molecular flexibility index (Phi) is 5.96. The second kappa shape index (κ2) is 9.75. The van der Waals surface area contributed by atoms with E-state index >= 15 is 0 Å². The van der Waals surface area contributed by atoms with Crippen LogP contribution in [0.2, 0.25) is 0 Å². The Bertz CT molecular complexity index is 1860. The van der Waals surface area contributed by atoms with Crippen LogP contribution < -0.4 is 16.6 Å². The zero-order valence-corrected chi connectivity index (χ0v) is 21.0. The van der Waals surface area contributed by atoms with Crippen LogP contribution in [-0.2, 0) is 6.54 Å². The number of nitrogens with two attached hydrogens (primary N) is 1. The lowest BCUT2D eigenvalue weighted by atomic mass is 10.1. The van der Waals surface area contributed by atoms with Crippen LogP contribution in [0.5, 0.6) is 0 Å². The van der Waals surface area contributed by atoms with Gasteiger partial charge in [0.15, 0.2) is 11.5 Å². The lowest BCUT2D eigenvalue weighted by Gasteiger charge is -2.11. The highest BCUT2D eigenvalue weighted by molar-refractivity contribution is 5.94. The number of amides is 1. The molecule has 6 aromatic rings. The Balaban J connectivity index is 1.21. The summed E-state index contributed by atoms with van der Waals surface area (Å²) in [5.74, 6) is 0.826. The van der Waals surface area contributed by atoms with E-state index in [-0.39, 0.29) is 11.5 Å². The molecule has 0 saturated carbocycles. The SMILES string of the molecule is Cc1cc(=O)n(-c2ccc(C(=O)NCc3ccc(-n4c(-c5cccnc5N)nc5cccnc54)cc3)cc2)[nH]1. The summed E-state index contributed by atoms with van der Waals surface area (Å²) in [7, 11) is 0. The number of nitrogens with zero attached hydrogens (tertiary/aromatic N) is 5. The van der Waals surface area contributed by atoms with Gasteiger partial charge < -0.3 is 11.1 Å². The number of aromatic amines is 1. The van der Waals surface area contributed by atoms with Crippen molar-refractivity contribution in [3.8, 4) is 22.8 Å². The predicted octanol–water partition coefficient (Wildman–Crippen LogP) is 3.78. The third kappa shape index (κ3) is 4.55. The van der Waals surface area contributed by atoms with Gasteiger partial charge in [0.1, 0.15) is 11.3 Å². The number of anilines is 1. The van der Waals surface area contributed by atoms with E-state index in [0.29, 0.717) is 40.6 Å². The average Bonchev–Trinajstić information content (AvgIpc) is 3.51. The van der Waals surface area contributed by atoms with Crippen LogP contribution >= 0.6 is 0 Å². The van der Waals surface area contributed by atoms with E-state index in [4.69, 9.17) is 10.7 Å². The van der Waals surface area contributed by atoms with Gasteiger partial charge in [0.2, 0.25) is 0 Å². The smallest absolute Gasteiger partial charge is 0.271 e. The highest BCUT2D eigenvalue weighted by Crippen LogP contribution is 2.30. The monoisotopic (exact) mass is 516 g/mol. The number of pyridine rings is 2. The average molecular weight is 517 g/mol. The maximum Gasteiger partial charge on any atom is 0.271 e. The van der Waals surface area contributed by atoms with Gasteiger partial charge in [0.05, 0.1) is 11.3 Å². The molecule has 192 valence electrons. The number of fused-ring (bicyclic) bond motifs is 1. The summed E-state index contributed by atoms with van der Waals surface area (Å²) >= 11 is 0. The number of carbonyl (C=O) groups is 1. The zero-order valence-electron chi connectivity index (χ0n) is 21.0. The Morgan fingerprint density at radius 3 is 2.38 bits per heavy atom. The second-order valence-electron chi connectivity index (χ2n) is 9.06. The van der Waals surface area contributed by atoms with Crippen molar-refractivity contribution in [2.75, 3.05) is 5.73 Å². The molecule has 4 N–H and O–H groups in total. The predicted molar refractivity (Wildman–Crippen MR) is 149 cm³/mol. The van der Waals surface area contributed by atoms with Crippen LogP contribution in [-0.4, -0.2) is 35.2 Å². The second-order valence-corrected chi connectivity index (χ2v) is 9.06. The third-order valence-electron chi connectivity index (χ3n) is 6.38. The first-order chi connectivity index (χ1) is 19.0. The number of nitrogen functional groups attached to an aromatic ring is 1. The van der Waals surface area contributed by atoms with Gasteiger partial charge in [-0.2, -0.15) is 0 Å². The number of rotatable bonds is 6. The lowest BCUT2D eigenvalue weighted by molar-refractivity contribution is 0.0951. The summed E-state index contributed by atoms with van der Waals surface area (Å²) in [5.41, 5.74) is 11.9. The molecule has 4 aromatic heterocycles. The first-order valence-corrected chi connectivity index (χ1v) is 12.3. The van der Waals surface area contributed by atoms with Crippen molar-refractivity contribution in [2.45, 2.75) is 13.5 Å². The molecule has 0 radical (unpaired) electrons. The van der Waals surface area contributed by atoms with E-state index in [0.717, 1.165) is 22.5 Å². The fourth-order valence-corrected chi connectivity index (χ4v) is 4.46. The Hall–Kier alpha value is -5.51. The van der Waals surface area contributed by atoms with E-state index in [2.05, 4.69) is 20.4 Å². The maximum atomic E-state index is 12.7. The molecular weight excluding hydrogens is 492 g/mol. The van der Waals surface area contributed by atoms with Crippen LogP contribution in [0.4, 0.5) is 5.82 Å². The van der Waals surface area contributed by atoms with Crippen molar-refractivity contribution in [3.63, 3.8) is 0 Å². The molecule has 2 aromatic carbocycles. The fraction of sp³-hybridized carbons (Fsp3) is 0.0690. The standard InChI is InChI=1S/C29H24N8O2/c1-18-16-25(38)37(35-18)22-12-8-20(9-13-22)29(39)33-17-19-6-10-21(11-7-19)36-27(23-4-2-14-31-26(23)30)34-24-5-3-15-32-28(24)36/h2-16,35H,17H2,1H3,(H2,30,31)(H,33,39). The zero-order chi connectivity index (χ0) is 26.9. The van der Waals surface area contributed by atoms with Gasteiger partial charge in [0.25, 0.3) is 11.5 Å². The number of nitrogens with one attached hydrogen (secondary N) is 2. The highest BCUT2D eigenvalue weighted by atomic mass is 16.1. The number of imidazole rings is 1. The molecule has 10 nitrogen and oxygen atoms in total. The molecule has 0 unspecified atom stereocenters. The van der Waals surface area contributed by atoms with Crippen molar-refractivity contribution in [1.82, 2.24) is 34.6 Å². The van der Waals surface area contributed by atoms with Crippen molar-refractivity contribution < 1.29 is 4.79 Å². The number of H-pyrrole nitrogens is 1. The van der Waals surface area contributed by atoms with Gasteiger partial charge in [0, 0.05) is 41.9 Å². The Morgan fingerprint density at radius 1 is 0.949 bits per heavy atom. The molecule has 0 spiro atoms. The molecule has 0 aliphatic heterocycles. The summed E-state index contributed by atoms with van der Waals surface area (Å²) in [6.07, 6.45) is 3.37. The molecule has 39 heavy (non-hydrogen) atoms. The minimum atomic E-state index is -0.209. The number of hydrogen-bond acceptors (Lipinski definition) is 6. The van der Waals surface area contributed by atoms with E-state index in [1.807, 2.05) is 60.0 Å². The minimum Gasteiger partial charge on any atom is -0.383 e. The van der Waals surface area contributed by atoms with E-state index < -0.39 is 0 Å². The van der Waals surface area contributed by atoms with E-state index in [1.165, 1.54) is 10.7 Å². The van der Waals surface area contributed by atoms with E-state index in [1.54, 1.807) is 36.7 Å². The van der Waals surface area contributed by atoms with Crippen molar-refractivity contribution in [3.05, 3.63) is 118 Å². The van der Waals surface area contributed by atoms with Gasteiger partial charge in [-0.05, 0) is 73.2 Å². The first kappa shape index (κ1) is 23.9. The molecule has 10 heteroatoms. The normalized spacial score (nSPS) is 11.1. The van der Waals surface area contributed by atoms with Gasteiger partial charge in [-0.3, -0.25) is 19.3 Å². The van der Waals surface area contributed by atoms with Gasteiger partial charge in [-0.25, -0.2) is 19.6 Å². The van der Waals surface area contributed by atoms with Crippen LogP contribution in [0.15, 0.2) is 96.1 Å². The van der Waals surface area contributed by atoms with Gasteiger partial charge >= 0.3 is 0 Å². The minimum absolute atomic E-state index is 0.149. The number of aryl methyl sites for hydroxylation is 1. The summed E-state index contributed by atoms with van der Waals surface area (Å²) in [6.45, 7) is 2.16. The molecule has 0 bridgehead atoms. The molecule has 6 rings (SSSR count). The van der Waals surface area contributed by atoms with Crippen molar-refractivity contribution in [1.29, 1.82) is 0 Å². The van der Waals surface area contributed by atoms with E-state index in [9.17, 15) is 9.59 Å². The Labute approximate surface area is 222 Å². The third-order valence-corrected chi connectivity index (χ3v) is 6.38. The quantitative estimate of drug-likeness (QED) is 0.308. The topological polar surface area (TPSA) is 137 Å². The number of carbonyl (C=O) groups excluding carboxylic acids is 1. The maximum absolute atomic E-state index is 12.7. The summed E-state index contributed by atoms with van der Waals surface area (Å²) in [4.78, 5) is 38.3. The summed E-state index contributed by atoms with van der Waals surface area (Å²) < 4.78 is 3.38. The fourth-order valence-electron chi connectivity index (χ4n) is 4.46. The molecule has 4 heterocycles. The molecule has 1 amide bonds. The van der Waals surface area contributed by atoms with Crippen molar-refractivity contribution in [2.24, 2.45) is 0 Å². The number of hydrogen-bond donors (Lipinski definition) is 3. The molecular formula is C29H24N8O2. The highest BCUT2D eigenvalue weighted by Gasteiger charge is 2.17. The number of aromatic nitrogens is 6. The molecule has 0 fully saturated rings. The summed E-state index contributed by atoms with van der Waals surface area (Å²) in [6, 6.07) is 23.6. The van der Waals surface area contributed by atoms with Crippen molar-refractivity contribution >= 4 is 22.9 Å². The molecule has 0 atom stereocenters. The molecule has 0 aliphatic carbocycles.